The molecule has 0 aromatic heterocycles. The number of benzene rings is 1. The molecule has 0 aliphatic heterocycles. The predicted octanol–water partition coefficient (Wildman–Crippen LogP) is 2.22. The van der Waals surface area contributed by atoms with E-state index in [2.05, 4.69) is 6.58 Å². The van der Waals surface area contributed by atoms with Crippen molar-refractivity contribution in [3.63, 3.8) is 0 Å². The highest BCUT2D eigenvalue weighted by molar-refractivity contribution is 6.01. The fourth-order valence-corrected chi connectivity index (χ4v) is 1.44. The fraction of sp³-hybridized carbons (Fsp3) is 0.400. The molecule has 104 valence electrons. The van der Waals surface area contributed by atoms with Crippen molar-refractivity contribution in [3.05, 3.63) is 42.5 Å². The van der Waals surface area contributed by atoms with Gasteiger partial charge in [-0.2, -0.15) is 0 Å². The van der Waals surface area contributed by atoms with Crippen molar-refractivity contribution in [2.24, 2.45) is 0 Å². The zero-order chi connectivity index (χ0) is 14.3. The van der Waals surface area contributed by atoms with Crippen LogP contribution in [0.1, 0.15) is 24.2 Å². The van der Waals surface area contributed by atoms with Crippen LogP contribution in [0.15, 0.2) is 36.9 Å². The normalized spacial score (nSPS) is 11.1. The standard InChI is InChI=1S/C15H20O4/c1-4-9-18-10-11-19-13-7-5-12(6-8-13)14(16)15(2,3)17/h4-8,17H,1,9-11H2,2-3H3. The molecule has 0 saturated heterocycles. The van der Waals surface area contributed by atoms with Crippen LogP contribution in [-0.2, 0) is 4.74 Å². The van der Waals surface area contributed by atoms with Gasteiger partial charge in [0.2, 0.25) is 0 Å². The first-order valence-corrected chi connectivity index (χ1v) is 6.14. The number of ketones is 1. The van der Waals surface area contributed by atoms with Gasteiger partial charge in [0, 0.05) is 5.56 Å². The van der Waals surface area contributed by atoms with Crippen LogP contribution in [0.2, 0.25) is 0 Å². The number of ether oxygens (including phenoxy) is 2. The van der Waals surface area contributed by atoms with E-state index in [4.69, 9.17) is 9.47 Å². The van der Waals surface area contributed by atoms with E-state index in [9.17, 15) is 9.90 Å². The van der Waals surface area contributed by atoms with Gasteiger partial charge >= 0.3 is 0 Å². The molecule has 0 heterocycles. The van der Waals surface area contributed by atoms with Crippen LogP contribution in [-0.4, -0.2) is 36.3 Å². The lowest BCUT2D eigenvalue weighted by Crippen LogP contribution is -2.30. The molecule has 1 N–H and O–H groups in total. The molecule has 1 aromatic rings. The fourth-order valence-electron chi connectivity index (χ4n) is 1.44. The molecule has 0 saturated carbocycles. The molecule has 0 unspecified atom stereocenters. The molecular formula is C15H20O4. The smallest absolute Gasteiger partial charge is 0.193 e. The highest BCUT2D eigenvalue weighted by atomic mass is 16.5. The predicted molar refractivity (Wildman–Crippen MR) is 73.6 cm³/mol. The summed E-state index contributed by atoms with van der Waals surface area (Å²) in [5, 5.41) is 9.63. The average molecular weight is 264 g/mol. The van der Waals surface area contributed by atoms with Crippen LogP contribution in [0.3, 0.4) is 0 Å². The first-order chi connectivity index (χ1) is 8.95. The van der Waals surface area contributed by atoms with E-state index >= 15 is 0 Å². The van der Waals surface area contributed by atoms with E-state index in [-0.39, 0.29) is 5.78 Å². The lowest BCUT2D eigenvalue weighted by Gasteiger charge is -2.15. The first kappa shape index (κ1) is 15.4. The van der Waals surface area contributed by atoms with Crippen molar-refractivity contribution >= 4 is 5.78 Å². The van der Waals surface area contributed by atoms with Crippen LogP contribution < -0.4 is 4.74 Å². The summed E-state index contributed by atoms with van der Waals surface area (Å²) in [6, 6.07) is 6.68. The number of Topliss-reactive ketones (excluding diaryl/α,β-unsaturated/α-hetero) is 1. The summed E-state index contributed by atoms with van der Waals surface area (Å²) in [6.45, 7) is 7.90. The maximum Gasteiger partial charge on any atom is 0.193 e. The van der Waals surface area contributed by atoms with Gasteiger partial charge in [-0.05, 0) is 38.1 Å². The minimum Gasteiger partial charge on any atom is -0.491 e. The Hall–Kier alpha value is -1.65. The highest BCUT2D eigenvalue weighted by Gasteiger charge is 2.24. The molecule has 0 aliphatic carbocycles. The highest BCUT2D eigenvalue weighted by Crippen LogP contribution is 2.17. The number of carbonyl (C=O) groups excluding carboxylic acids is 1. The van der Waals surface area contributed by atoms with Gasteiger partial charge in [-0.25, -0.2) is 0 Å². The molecule has 19 heavy (non-hydrogen) atoms. The summed E-state index contributed by atoms with van der Waals surface area (Å²) in [7, 11) is 0. The zero-order valence-corrected chi connectivity index (χ0v) is 11.4. The van der Waals surface area contributed by atoms with E-state index in [1.54, 1.807) is 30.3 Å². The van der Waals surface area contributed by atoms with Crippen molar-refractivity contribution in [1.29, 1.82) is 0 Å². The second-order valence-corrected chi connectivity index (χ2v) is 4.62. The molecule has 0 amide bonds. The van der Waals surface area contributed by atoms with Crippen molar-refractivity contribution in [3.8, 4) is 5.75 Å². The van der Waals surface area contributed by atoms with Gasteiger partial charge in [0.05, 0.1) is 13.2 Å². The summed E-state index contributed by atoms with van der Waals surface area (Å²) in [4.78, 5) is 11.8. The molecule has 0 radical (unpaired) electrons. The number of hydrogen-bond acceptors (Lipinski definition) is 4. The van der Waals surface area contributed by atoms with Crippen LogP contribution >= 0.6 is 0 Å². The Bertz CT molecular complexity index is 415. The van der Waals surface area contributed by atoms with Crippen LogP contribution in [0.25, 0.3) is 0 Å². The first-order valence-electron chi connectivity index (χ1n) is 6.14. The van der Waals surface area contributed by atoms with Gasteiger partial charge in [-0.3, -0.25) is 4.79 Å². The Morgan fingerprint density at radius 3 is 2.47 bits per heavy atom. The third kappa shape index (κ3) is 5.24. The second-order valence-electron chi connectivity index (χ2n) is 4.62. The topological polar surface area (TPSA) is 55.8 Å². The molecule has 1 aromatic carbocycles. The van der Waals surface area contributed by atoms with Gasteiger partial charge in [-0.15, -0.1) is 6.58 Å². The maximum absolute atomic E-state index is 11.8. The summed E-state index contributed by atoms with van der Waals surface area (Å²) in [5.41, 5.74) is -0.899. The van der Waals surface area contributed by atoms with E-state index in [1.807, 2.05) is 0 Å². The van der Waals surface area contributed by atoms with Gasteiger partial charge in [0.1, 0.15) is 18.0 Å². The number of rotatable bonds is 8. The summed E-state index contributed by atoms with van der Waals surface area (Å²) < 4.78 is 10.6. The Balaban J connectivity index is 2.48. The number of carbonyl (C=O) groups is 1. The third-order valence-corrected chi connectivity index (χ3v) is 2.40. The molecule has 0 atom stereocenters. The quantitative estimate of drug-likeness (QED) is 0.444. The Morgan fingerprint density at radius 1 is 1.32 bits per heavy atom. The monoisotopic (exact) mass is 264 g/mol. The van der Waals surface area contributed by atoms with Crippen molar-refractivity contribution in [2.75, 3.05) is 19.8 Å². The molecule has 0 fully saturated rings. The third-order valence-electron chi connectivity index (χ3n) is 2.40. The van der Waals surface area contributed by atoms with E-state index < -0.39 is 5.60 Å². The Morgan fingerprint density at radius 2 is 1.95 bits per heavy atom. The van der Waals surface area contributed by atoms with Gasteiger partial charge in [-0.1, -0.05) is 6.08 Å². The van der Waals surface area contributed by atoms with Crippen LogP contribution in [0.4, 0.5) is 0 Å². The van der Waals surface area contributed by atoms with Crippen molar-refractivity contribution in [1.82, 2.24) is 0 Å². The van der Waals surface area contributed by atoms with Gasteiger partial charge < -0.3 is 14.6 Å². The largest absolute Gasteiger partial charge is 0.491 e. The zero-order valence-electron chi connectivity index (χ0n) is 11.4. The molecule has 0 aliphatic rings. The summed E-state index contributed by atoms with van der Waals surface area (Å²) in [6.07, 6.45) is 1.68. The molecule has 0 bridgehead atoms. The molecular weight excluding hydrogens is 244 g/mol. The minimum absolute atomic E-state index is 0.312. The summed E-state index contributed by atoms with van der Waals surface area (Å²) in [5.74, 6) is 0.350. The second kappa shape index (κ2) is 7.07. The van der Waals surface area contributed by atoms with E-state index in [0.29, 0.717) is 31.1 Å². The minimum atomic E-state index is -1.36. The molecule has 0 spiro atoms. The van der Waals surface area contributed by atoms with Gasteiger partial charge in [0.15, 0.2) is 5.78 Å². The Kier molecular flexibility index (Phi) is 5.73. The summed E-state index contributed by atoms with van der Waals surface area (Å²) >= 11 is 0. The van der Waals surface area contributed by atoms with Gasteiger partial charge in [0.25, 0.3) is 0 Å². The van der Waals surface area contributed by atoms with E-state index in [1.165, 1.54) is 13.8 Å². The number of aliphatic hydroxyl groups is 1. The maximum atomic E-state index is 11.8. The lowest BCUT2D eigenvalue weighted by atomic mass is 9.97. The molecule has 1 rings (SSSR count). The lowest BCUT2D eigenvalue weighted by molar-refractivity contribution is 0.0488. The molecule has 4 nitrogen and oxygen atoms in total. The van der Waals surface area contributed by atoms with E-state index in [0.717, 1.165) is 0 Å². The van der Waals surface area contributed by atoms with Crippen LogP contribution in [0.5, 0.6) is 5.75 Å². The SMILES string of the molecule is C=CCOCCOc1ccc(C(=O)C(C)(C)O)cc1. The average Bonchev–Trinajstić information content (AvgIpc) is 2.37. The Labute approximate surface area is 113 Å². The van der Waals surface area contributed by atoms with Crippen molar-refractivity contribution in [2.45, 2.75) is 19.4 Å². The molecule has 4 heteroatoms. The van der Waals surface area contributed by atoms with Crippen LogP contribution in [0, 0.1) is 0 Å². The number of hydrogen-bond donors (Lipinski definition) is 1. The van der Waals surface area contributed by atoms with Crippen molar-refractivity contribution < 1.29 is 19.4 Å².